The van der Waals surface area contributed by atoms with Crippen molar-refractivity contribution in [1.29, 1.82) is 0 Å². The van der Waals surface area contributed by atoms with Crippen LogP contribution in [0.4, 0.5) is 10.1 Å². The van der Waals surface area contributed by atoms with Crippen molar-refractivity contribution in [2.24, 2.45) is 5.10 Å². The zero-order valence-electron chi connectivity index (χ0n) is 15.6. The van der Waals surface area contributed by atoms with Crippen LogP contribution in [0.2, 0.25) is 0 Å². The van der Waals surface area contributed by atoms with Gasteiger partial charge in [-0.1, -0.05) is 6.92 Å². The number of ether oxygens (including phenoxy) is 1. The molecule has 2 aromatic carbocycles. The van der Waals surface area contributed by atoms with E-state index in [0.29, 0.717) is 6.61 Å². The molecule has 28 heavy (non-hydrogen) atoms. The SMILES string of the molecule is CCCOc1ccc(/C=N\NC(=O)CN(c2ccc(F)cc2)S(C)(=O)=O)cc1. The number of hydrogen-bond acceptors (Lipinski definition) is 5. The van der Waals surface area contributed by atoms with Crippen LogP contribution in [0.1, 0.15) is 18.9 Å². The molecule has 150 valence electrons. The van der Waals surface area contributed by atoms with Gasteiger partial charge in [-0.2, -0.15) is 5.10 Å². The van der Waals surface area contributed by atoms with Crippen molar-refractivity contribution in [3.05, 3.63) is 59.9 Å². The van der Waals surface area contributed by atoms with E-state index in [1.807, 2.05) is 6.92 Å². The van der Waals surface area contributed by atoms with Crippen molar-refractivity contribution in [2.75, 3.05) is 23.7 Å². The highest BCUT2D eigenvalue weighted by Gasteiger charge is 2.20. The maximum Gasteiger partial charge on any atom is 0.260 e. The summed E-state index contributed by atoms with van der Waals surface area (Å²) in [6, 6.07) is 12.0. The number of benzene rings is 2. The van der Waals surface area contributed by atoms with E-state index in [-0.39, 0.29) is 5.69 Å². The molecule has 0 unspecified atom stereocenters. The molecule has 0 aliphatic heterocycles. The van der Waals surface area contributed by atoms with Gasteiger partial charge in [-0.3, -0.25) is 9.10 Å². The van der Waals surface area contributed by atoms with Crippen LogP contribution in [-0.2, 0) is 14.8 Å². The lowest BCUT2D eigenvalue weighted by Gasteiger charge is -2.21. The Labute approximate surface area is 163 Å². The Hall–Kier alpha value is -2.94. The number of carbonyl (C=O) groups excluding carboxylic acids is 1. The molecule has 0 radical (unpaired) electrons. The van der Waals surface area contributed by atoms with Gasteiger partial charge < -0.3 is 4.74 Å². The molecular weight excluding hydrogens is 385 g/mol. The van der Waals surface area contributed by atoms with E-state index in [4.69, 9.17) is 4.74 Å². The first-order valence-electron chi connectivity index (χ1n) is 8.57. The van der Waals surface area contributed by atoms with Crippen molar-refractivity contribution < 1.29 is 22.3 Å². The van der Waals surface area contributed by atoms with Gasteiger partial charge in [0.05, 0.1) is 24.8 Å². The highest BCUT2D eigenvalue weighted by Crippen LogP contribution is 2.17. The molecular formula is C19H22FN3O4S. The number of amides is 1. The molecule has 2 rings (SSSR count). The first-order chi connectivity index (χ1) is 13.3. The lowest BCUT2D eigenvalue weighted by molar-refractivity contribution is -0.119. The number of anilines is 1. The lowest BCUT2D eigenvalue weighted by Crippen LogP contribution is -2.39. The summed E-state index contributed by atoms with van der Waals surface area (Å²) in [4.78, 5) is 12.1. The van der Waals surface area contributed by atoms with Crippen LogP contribution in [0, 0.1) is 5.82 Å². The van der Waals surface area contributed by atoms with Crippen LogP contribution in [0.3, 0.4) is 0 Å². The molecule has 0 aliphatic carbocycles. The van der Waals surface area contributed by atoms with Crippen LogP contribution in [0.25, 0.3) is 0 Å². The summed E-state index contributed by atoms with van der Waals surface area (Å²) in [5.41, 5.74) is 3.21. The fourth-order valence-electron chi connectivity index (χ4n) is 2.22. The summed E-state index contributed by atoms with van der Waals surface area (Å²) in [5.74, 6) is -0.391. The van der Waals surface area contributed by atoms with Crippen LogP contribution in [0.5, 0.6) is 5.75 Å². The maximum atomic E-state index is 13.0. The quantitative estimate of drug-likeness (QED) is 0.511. The topological polar surface area (TPSA) is 88.1 Å². The van der Waals surface area contributed by atoms with E-state index in [2.05, 4.69) is 10.5 Å². The molecule has 0 saturated heterocycles. The summed E-state index contributed by atoms with van der Waals surface area (Å²) < 4.78 is 43.3. The fourth-order valence-corrected chi connectivity index (χ4v) is 3.08. The third-order valence-corrected chi connectivity index (χ3v) is 4.70. The minimum Gasteiger partial charge on any atom is -0.494 e. The molecule has 0 atom stereocenters. The van der Waals surface area contributed by atoms with Crippen molar-refractivity contribution >= 4 is 27.8 Å². The largest absolute Gasteiger partial charge is 0.494 e. The monoisotopic (exact) mass is 407 g/mol. The molecule has 1 amide bonds. The first-order valence-corrected chi connectivity index (χ1v) is 10.4. The minimum atomic E-state index is -3.73. The van der Waals surface area contributed by atoms with Gasteiger partial charge in [0, 0.05) is 0 Å². The Morgan fingerprint density at radius 2 is 1.82 bits per heavy atom. The summed E-state index contributed by atoms with van der Waals surface area (Å²) in [6.07, 6.45) is 3.32. The van der Waals surface area contributed by atoms with E-state index in [0.717, 1.165) is 40.4 Å². The standard InChI is InChI=1S/C19H22FN3O4S/c1-3-12-27-18-10-4-15(5-11-18)13-21-22-19(24)14-23(28(2,25)26)17-8-6-16(20)7-9-17/h4-11,13H,3,12,14H2,1-2H3,(H,22,24)/b21-13-. The number of rotatable bonds is 9. The van der Waals surface area contributed by atoms with E-state index < -0.39 is 28.3 Å². The van der Waals surface area contributed by atoms with E-state index >= 15 is 0 Å². The molecule has 0 saturated carbocycles. The van der Waals surface area contributed by atoms with E-state index in [1.165, 1.54) is 18.3 Å². The molecule has 0 aliphatic rings. The number of hydrogen-bond donors (Lipinski definition) is 1. The Morgan fingerprint density at radius 1 is 1.18 bits per heavy atom. The molecule has 0 spiro atoms. The normalized spacial score (nSPS) is 11.4. The highest BCUT2D eigenvalue weighted by atomic mass is 32.2. The number of sulfonamides is 1. The molecule has 0 fully saturated rings. The van der Waals surface area contributed by atoms with Crippen LogP contribution >= 0.6 is 0 Å². The maximum absolute atomic E-state index is 13.0. The third-order valence-electron chi connectivity index (χ3n) is 3.56. The van der Waals surface area contributed by atoms with Gasteiger partial charge in [0.25, 0.3) is 5.91 Å². The number of carbonyl (C=O) groups is 1. The van der Waals surface area contributed by atoms with Gasteiger partial charge in [-0.15, -0.1) is 0 Å². The smallest absolute Gasteiger partial charge is 0.260 e. The van der Waals surface area contributed by atoms with Crippen molar-refractivity contribution in [1.82, 2.24) is 5.43 Å². The zero-order valence-corrected chi connectivity index (χ0v) is 16.4. The second-order valence-electron chi connectivity index (χ2n) is 5.96. The Morgan fingerprint density at radius 3 is 2.39 bits per heavy atom. The van der Waals surface area contributed by atoms with Gasteiger partial charge in [0.15, 0.2) is 0 Å². The van der Waals surface area contributed by atoms with Crippen molar-refractivity contribution in [2.45, 2.75) is 13.3 Å². The number of hydrazone groups is 1. The molecule has 7 nitrogen and oxygen atoms in total. The average Bonchev–Trinajstić information content (AvgIpc) is 2.65. The van der Waals surface area contributed by atoms with Gasteiger partial charge in [-0.25, -0.2) is 18.2 Å². The van der Waals surface area contributed by atoms with Crippen LogP contribution in [-0.4, -0.2) is 39.9 Å². The summed E-state index contributed by atoms with van der Waals surface area (Å²) in [5, 5.41) is 3.83. The lowest BCUT2D eigenvalue weighted by atomic mass is 10.2. The third kappa shape index (κ3) is 6.66. The fraction of sp³-hybridized carbons (Fsp3) is 0.263. The summed E-state index contributed by atoms with van der Waals surface area (Å²) >= 11 is 0. The number of nitrogens with zero attached hydrogens (tertiary/aromatic N) is 2. The van der Waals surface area contributed by atoms with E-state index in [1.54, 1.807) is 24.3 Å². The Kier molecular flexibility index (Phi) is 7.51. The Bertz CT molecular complexity index is 913. The zero-order chi connectivity index (χ0) is 20.6. The molecule has 0 heterocycles. The van der Waals surface area contributed by atoms with Gasteiger partial charge >= 0.3 is 0 Å². The van der Waals surface area contributed by atoms with Crippen LogP contribution in [0.15, 0.2) is 53.6 Å². The molecule has 0 aromatic heterocycles. The Balaban J connectivity index is 1.97. The first kappa shape index (κ1) is 21.4. The molecule has 1 N–H and O–H groups in total. The van der Waals surface area contributed by atoms with E-state index in [9.17, 15) is 17.6 Å². The average molecular weight is 407 g/mol. The van der Waals surface area contributed by atoms with Crippen molar-refractivity contribution in [3.8, 4) is 5.75 Å². The number of nitrogens with one attached hydrogen (secondary N) is 1. The molecule has 0 bridgehead atoms. The number of halogens is 1. The summed E-state index contributed by atoms with van der Waals surface area (Å²) in [6.45, 7) is 2.17. The minimum absolute atomic E-state index is 0.186. The second kappa shape index (κ2) is 9.84. The predicted octanol–water partition coefficient (Wildman–Crippen LogP) is 2.53. The van der Waals surface area contributed by atoms with Crippen LogP contribution < -0.4 is 14.5 Å². The van der Waals surface area contributed by atoms with Gasteiger partial charge in [-0.05, 0) is 60.5 Å². The van der Waals surface area contributed by atoms with Crippen molar-refractivity contribution in [3.63, 3.8) is 0 Å². The van der Waals surface area contributed by atoms with Gasteiger partial charge in [0.2, 0.25) is 10.0 Å². The molecule has 9 heteroatoms. The molecule has 2 aromatic rings. The summed E-state index contributed by atoms with van der Waals surface area (Å²) in [7, 11) is -3.73. The predicted molar refractivity (Wildman–Crippen MR) is 107 cm³/mol. The highest BCUT2D eigenvalue weighted by molar-refractivity contribution is 7.92. The van der Waals surface area contributed by atoms with Gasteiger partial charge in [0.1, 0.15) is 18.1 Å². The second-order valence-corrected chi connectivity index (χ2v) is 7.86.